The molecule has 0 saturated heterocycles. The van der Waals surface area contributed by atoms with E-state index in [1.807, 2.05) is 39.0 Å². The van der Waals surface area contributed by atoms with E-state index in [4.69, 9.17) is 4.74 Å². The van der Waals surface area contributed by atoms with Gasteiger partial charge in [-0.15, -0.1) is 11.3 Å². The first-order chi connectivity index (χ1) is 13.8. The molecule has 3 aromatic rings. The fraction of sp³-hybridized carbons (Fsp3) is 0.333. The molecule has 3 rings (SSSR count). The number of anilines is 1. The molecule has 1 aromatic carbocycles. The van der Waals surface area contributed by atoms with Crippen LogP contribution in [-0.2, 0) is 16.1 Å². The first-order valence-corrected chi connectivity index (χ1v) is 10.1. The number of ether oxygens (including phenoxy) is 1. The summed E-state index contributed by atoms with van der Waals surface area (Å²) < 4.78 is 6.53. The number of hydrogen-bond donors (Lipinski definition) is 1. The Morgan fingerprint density at radius 3 is 2.66 bits per heavy atom. The molecule has 0 spiro atoms. The summed E-state index contributed by atoms with van der Waals surface area (Å²) >= 11 is 1.13. The van der Waals surface area contributed by atoms with Gasteiger partial charge in [0.05, 0.1) is 18.3 Å². The summed E-state index contributed by atoms with van der Waals surface area (Å²) in [4.78, 5) is 42.7. The molecule has 2 aromatic heterocycles. The largest absolute Gasteiger partial charge is 0.461 e. The lowest BCUT2D eigenvalue weighted by Gasteiger charge is -2.09. The molecule has 0 radical (unpaired) electrons. The van der Waals surface area contributed by atoms with Crippen LogP contribution in [0, 0.1) is 19.8 Å². The lowest BCUT2D eigenvalue weighted by Crippen LogP contribution is -2.28. The van der Waals surface area contributed by atoms with E-state index in [1.165, 1.54) is 10.9 Å². The average Bonchev–Trinajstić information content (AvgIpc) is 3.01. The predicted octanol–water partition coefficient (Wildman–Crippen LogP) is 3.53. The van der Waals surface area contributed by atoms with E-state index in [0.717, 1.165) is 16.9 Å². The molecule has 0 bridgehead atoms. The summed E-state index contributed by atoms with van der Waals surface area (Å²) in [6, 6.07) is 7.41. The van der Waals surface area contributed by atoms with Gasteiger partial charge in [-0.1, -0.05) is 32.0 Å². The SMILES string of the molecule is Cc1ccccc1NC(=O)Cn1cnc2sc(C(=O)OCC(C)C)c(C)c2c1=O. The molecular formula is C21H23N3O4S. The number of benzene rings is 1. The van der Waals surface area contributed by atoms with E-state index >= 15 is 0 Å². The highest BCUT2D eigenvalue weighted by Gasteiger charge is 2.21. The fourth-order valence-electron chi connectivity index (χ4n) is 2.83. The molecule has 0 saturated carbocycles. The first kappa shape index (κ1) is 20.7. The summed E-state index contributed by atoms with van der Waals surface area (Å²) in [5.74, 6) is -0.565. The Morgan fingerprint density at radius 1 is 1.24 bits per heavy atom. The van der Waals surface area contributed by atoms with Crippen molar-refractivity contribution in [1.82, 2.24) is 9.55 Å². The molecule has 0 unspecified atom stereocenters. The van der Waals surface area contributed by atoms with Gasteiger partial charge < -0.3 is 10.1 Å². The number of esters is 1. The van der Waals surface area contributed by atoms with Gasteiger partial charge in [0.15, 0.2) is 0 Å². The van der Waals surface area contributed by atoms with Crippen molar-refractivity contribution in [2.75, 3.05) is 11.9 Å². The summed E-state index contributed by atoms with van der Waals surface area (Å²) in [5, 5.41) is 3.15. The maximum absolute atomic E-state index is 12.9. The van der Waals surface area contributed by atoms with Gasteiger partial charge in [-0.2, -0.15) is 0 Å². The monoisotopic (exact) mass is 413 g/mol. The molecule has 1 amide bonds. The molecule has 29 heavy (non-hydrogen) atoms. The minimum Gasteiger partial charge on any atom is -0.461 e. The van der Waals surface area contributed by atoms with Crippen molar-refractivity contribution in [2.24, 2.45) is 5.92 Å². The highest BCUT2D eigenvalue weighted by atomic mass is 32.1. The Balaban J connectivity index is 1.85. The molecule has 0 aliphatic carbocycles. The van der Waals surface area contributed by atoms with Crippen LogP contribution in [0.1, 0.15) is 34.6 Å². The van der Waals surface area contributed by atoms with Gasteiger partial charge >= 0.3 is 5.97 Å². The number of hydrogen-bond acceptors (Lipinski definition) is 6. The van der Waals surface area contributed by atoms with E-state index in [-0.39, 0.29) is 23.9 Å². The second kappa shape index (κ2) is 8.57. The van der Waals surface area contributed by atoms with Crippen molar-refractivity contribution < 1.29 is 14.3 Å². The second-order valence-electron chi connectivity index (χ2n) is 7.27. The topological polar surface area (TPSA) is 90.3 Å². The predicted molar refractivity (Wildman–Crippen MR) is 114 cm³/mol. The first-order valence-electron chi connectivity index (χ1n) is 9.29. The third-order valence-corrected chi connectivity index (χ3v) is 5.56. The Hall–Kier alpha value is -3.00. The van der Waals surface area contributed by atoms with Crippen molar-refractivity contribution in [3.05, 3.63) is 57.0 Å². The van der Waals surface area contributed by atoms with Gasteiger partial charge in [-0.05, 0) is 37.0 Å². The molecule has 0 atom stereocenters. The molecule has 0 fully saturated rings. The van der Waals surface area contributed by atoms with Crippen LogP contribution in [0.5, 0.6) is 0 Å². The molecule has 2 heterocycles. The minimum absolute atomic E-state index is 0.168. The van der Waals surface area contributed by atoms with E-state index in [2.05, 4.69) is 10.3 Å². The molecular weight excluding hydrogens is 390 g/mol. The van der Waals surface area contributed by atoms with Crippen molar-refractivity contribution in [3.8, 4) is 0 Å². The van der Waals surface area contributed by atoms with Crippen molar-refractivity contribution in [1.29, 1.82) is 0 Å². The van der Waals surface area contributed by atoms with Crippen LogP contribution < -0.4 is 10.9 Å². The number of amides is 1. The summed E-state index contributed by atoms with van der Waals surface area (Å²) in [5.41, 5.74) is 1.80. The number of nitrogens with zero attached hydrogens (tertiary/aromatic N) is 2. The van der Waals surface area contributed by atoms with Crippen LogP contribution >= 0.6 is 11.3 Å². The Labute approximate surface area is 172 Å². The number of aryl methyl sites for hydroxylation is 2. The summed E-state index contributed by atoms with van der Waals surface area (Å²) in [6.45, 7) is 7.64. The van der Waals surface area contributed by atoms with Crippen LogP contribution in [0.4, 0.5) is 5.69 Å². The van der Waals surface area contributed by atoms with Crippen LogP contribution in [0.2, 0.25) is 0 Å². The number of carbonyl (C=O) groups excluding carboxylic acids is 2. The van der Waals surface area contributed by atoms with Crippen molar-refractivity contribution in [2.45, 2.75) is 34.2 Å². The quantitative estimate of drug-likeness (QED) is 0.625. The highest BCUT2D eigenvalue weighted by Crippen LogP contribution is 2.27. The zero-order chi connectivity index (χ0) is 21.1. The highest BCUT2D eigenvalue weighted by molar-refractivity contribution is 7.20. The lowest BCUT2D eigenvalue weighted by molar-refractivity contribution is -0.116. The molecule has 8 heteroatoms. The zero-order valence-electron chi connectivity index (χ0n) is 16.8. The normalized spacial score (nSPS) is 11.1. The van der Waals surface area contributed by atoms with Gasteiger partial charge in [0.2, 0.25) is 5.91 Å². The van der Waals surface area contributed by atoms with Gasteiger partial charge in [0.25, 0.3) is 5.56 Å². The fourth-order valence-corrected chi connectivity index (χ4v) is 3.87. The number of thiophene rings is 1. The number of para-hydroxylation sites is 1. The second-order valence-corrected chi connectivity index (χ2v) is 8.27. The Bertz CT molecular complexity index is 1130. The molecule has 7 nitrogen and oxygen atoms in total. The Morgan fingerprint density at radius 2 is 1.97 bits per heavy atom. The van der Waals surface area contributed by atoms with Crippen molar-refractivity contribution in [3.63, 3.8) is 0 Å². The summed E-state index contributed by atoms with van der Waals surface area (Å²) in [6.07, 6.45) is 1.33. The van der Waals surface area contributed by atoms with E-state index in [0.29, 0.717) is 33.0 Å². The van der Waals surface area contributed by atoms with Gasteiger partial charge in [-0.25, -0.2) is 9.78 Å². The smallest absolute Gasteiger partial charge is 0.348 e. The summed E-state index contributed by atoms with van der Waals surface area (Å²) in [7, 11) is 0. The molecule has 152 valence electrons. The third kappa shape index (κ3) is 4.54. The van der Waals surface area contributed by atoms with E-state index in [9.17, 15) is 14.4 Å². The number of aromatic nitrogens is 2. The van der Waals surface area contributed by atoms with Crippen LogP contribution in [-0.4, -0.2) is 28.0 Å². The number of rotatable bonds is 6. The van der Waals surface area contributed by atoms with Crippen LogP contribution in [0.15, 0.2) is 35.4 Å². The zero-order valence-corrected chi connectivity index (χ0v) is 17.6. The van der Waals surface area contributed by atoms with E-state index in [1.54, 1.807) is 13.0 Å². The minimum atomic E-state index is -0.456. The van der Waals surface area contributed by atoms with Gasteiger partial charge in [0, 0.05) is 5.69 Å². The van der Waals surface area contributed by atoms with Crippen LogP contribution in [0.25, 0.3) is 10.2 Å². The number of fused-ring (bicyclic) bond motifs is 1. The third-order valence-electron chi connectivity index (χ3n) is 4.38. The maximum Gasteiger partial charge on any atom is 0.348 e. The maximum atomic E-state index is 12.9. The van der Waals surface area contributed by atoms with E-state index < -0.39 is 5.97 Å². The van der Waals surface area contributed by atoms with Crippen LogP contribution in [0.3, 0.4) is 0 Å². The average molecular weight is 413 g/mol. The van der Waals surface area contributed by atoms with Gasteiger partial charge in [-0.3, -0.25) is 14.2 Å². The number of carbonyl (C=O) groups is 2. The van der Waals surface area contributed by atoms with Crippen molar-refractivity contribution >= 4 is 39.1 Å². The molecule has 1 N–H and O–H groups in total. The van der Waals surface area contributed by atoms with Gasteiger partial charge in [0.1, 0.15) is 16.3 Å². The Kier molecular flexibility index (Phi) is 6.12. The molecule has 0 aliphatic heterocycles. The molecule has 0 aliphatic rings. The number of nitrogens with one attached hydrogen (secondary N) is 1. The standard InChI is InChI=1S/C21H23N3O4S/c1-12(2)10-28-21(27)18-14(4)17-19(29-18)22-11-24(20(17)26)9-16(25)23-15-8-6-5-7-13(15)3/h5-8,11-12H,9-10H2,1-4H3,(H,23,25). The lowest BCUT2D eigenvalue weighted by atomic mass is 10.2.